The maximum absolute atomic E-state index is 11.3. The van der Waals surface area contributed by atoms with E-state index in [0.29, 0.717) is 18.0 Å². The summed E-state index contributed by atoms with van der Waals surface area (Å²) in [5.74, 6) is 0.453. The van der Waals surface area contributed by atoms with Crippen LogP contribution in [0.5, 0.6) is 11.5 Å². The van der Waals surface area contributed by atoms with Gasteiger partial charge in [0, 0.05) is 35.4 Å². The predicted octanol–water partition coefficient (Wildman–Crippen LogP) is 4.84. The highest BCUT2D eigenvalue weighted by Gasteiger charge is 2.20. The zero-order valence-corrected chi connectivity index (χ0v) is 17.4. The number of rotatable bonds is 8. The molecule has 7 heteroatoms. The summed E-state index contributed by atoms with van der Waals surface area (Å²) in [5.41, 5.74) is 2.93. The second-order valence-electron chi connectivity index (χ2n) is 7.54. The number of carbonyl (C=O) groups is 1. The van der Waals surface area contributed by atoms with Crippen LogP contribution in [0.15, 0.2) is 61.2 Å². The maximum Gasteiger partial charge on any atom is 0.335 e. The summed E-state index contributed by atoms with van der Waals surface area (Å²) in [6, 6.07) is 12.7. The molecule has 3 aromatic rings. The van der Waals surface area contributed by atoms with E-state index in [-0.39, 0.29) is 11.7 Å². The fourth-order valence-electron chi connectivity index (χ4n) is 3.82. The Morgan fingerprint density at radius 1 is 1.03 bits per heavy atom. The molecule has 2 aromatic carbocycles. The van der Waals surface area contributed by atoms with E-state index in [2.05, 4.69) is 14.9 Å². The monoisotopic (exact) mass is 419 g/mol. The van der Waals surface area contributed by atoms with Crippen molar-refractivity contribution in [1.29, 1.82) is 0 Å². The number of aromatic carboxylic acids is 1. The number of benzene rings is 2. The Hall–Kier alpha value is -3.61. The number of nitrogens with zero attached hydrogens (tertiary/aromatic N) is 3. The third-order valence-corrected chi connectivity index (χ3v) is 5.44. The molecule has 1 fully saturated rings. The summed E-state index contributed by atoms with van der Waals surface area (Å²) < 4.78 is 11.8. The van der Waals surface area contributed by atoms with Crippen molar-refractivity contribution in [2.45, 2.75) is 38.3 Å². The Morgan fingerprint density at radius 2 is 1.71 bits per heavy atom. The normalized spacial score (nSPS) is 13.7. The van der Waals surface area contributed by atoms with Crippen molar-refractivity contribution in [1.82, 2.24) is 9.97 Å². The summed E-state index contributed by atoms with van der Waals surface area (Å²) in [4.78, 5) is 21.6. The van der Waals surface area contributed by atoms with Crippen LogP contribution < -0.4 is 14.4 Å². The average molecular weight is 419 g/mol. The van der Waals surface area contributed by atoms with Gasteiger partial charge in [-0.1, -0.05) is 0 Å². The molecule has 1 saturated carbocycles. The van der Waals surface area contributed by atoms with E-state index in [1.54, 1.807) is 43.8 Å². The number of carboxylic acid groups (broad SMARTS) is 1. The number of hydrogen-bond donors (Lipinski definition) is 1. The Kier molecular flexibility index (Phi) is 6.31. The lowest BCUT2D eigenvalue weighted by Crippen LogP contribution is -2.18. The van der Waals surface area contributed by atoms with Crippen LogP contribution in [-0.4, -0.2) is 34.3 Å². The quantitative estimate of drug-likeness (QED) is 0.559. The van der Waals surface area contributed by atoms with E-state index in [0.717, 1.165) is 29.8 Å². The van der Waals surface area contributed by atoms with Gasteiger partial charge in [-0.05, 0) is 62.1 Å². The number of ether oxygens (including phenoxy) is 2. The molecule has 7 nitrogen and oxygen atoms in total. The second-order valence-corrected chi connectivity index (χ2v) is 7.54. The molecule has 0 spiro atoms. The summed E-state index contributed by atoms with van der Waals surface area (Å²) in [6.45, 7) is 0.516. The number of anilines is 2. The van der Waals surface area contributed by atoms with Crippen molar-refractivity contribution < 1.29 is 19.4 Å². The number of hydrogen-bond acceptors (Lipinski definition) is 6. The third-order valence-electron chi connectivity index (χ3n) is 5.44. The van der Waals surface area contributed by atoms with Crippen LogP contribution in [0.1, 0.15) is 41.6 Å². The van der Waals surface area contributed by atoms with E-state index in [4.69, 9.17) is 9.47 Å². The first-order chi connectivity index (χ1) is 15.1. The summed E-state index contributed by atoms with van der Waals surface area (Å²) >= 11 is 0. The largest absolute Gasteiger partial charge is 0.493 e. The average Bonchev–Trinajstić information content (AvgIpc) is 3.31. The predicted molar refractivity (Wildman–Crippen MR) is 117 cm³/mol. The van der Waals surface area contributed by atoms with Crippen LogP contribution in [0, 0.1) is 0 Å². The first kappa shape index (κ1) is 20.7. The van der Waals surface area contributed by atoms with Gasteiger partial charge in [-0.2, -0.15) is 0 Å². The molecule has 0 aliphatic heterocycles. The van der Waals surface area contributed by atoms with Gasteiger partial charge in [0.15, 0.2) is 11.5 Å². The molecule has 0 saturated heterocycles. The van der Waals surface area contributed by atoms with E-state index < -0.39 is 5.97 Å². The molecule has 31 heavy (non-hydrogen) atoms. The van der Waals surface area contributed by atoms with Gasteiger partial charge in [-0.15, -0.1) is 0 Å². The summed E-state index contributed by atoms with van der Waals surface area (Å²) in [7, 11) is 1.64. The van der Waals surface area contributed by atoms with Gasteiger partial charge in [-0.3, -0.25) is 0 Å². The number of methoxy groups -OCH3 is 1. The Morgan fingerprint density at radius 3 is 2.35 bits per heavy atom. The first-order valence-corrected chi connectivity index (χ1v) is 10.3. The minimum absolute atomic E-state index is 0.204. The van der Waals surface area contributed by atoms with Gasteiger partial charge in [0.25, 0.3) is 0 Å². The minimum Gasteiger partial charge on any atom is -0.493 e. The van der Waals surface area contributed by atoms with Crippen LogP contribution in [-0.2, 0) is 6.54 Å². The lowest BCUT2D eigenvalue weighted by Gasteiger charge is -2.26. The zero-order chi connectivity index (χ0) is 21.6. The SMILES string of the molecule is COc1ccc(N(Cc2cncnc2)c2ccc(C(=O)O)cc2)cc1OC1CCCC1. The minimum atomic E-state index is -0.953. The molecule has 4 rings (SSSR count). The topological polar surface area (TPSA) is 84.8 Å². The van der Waals surface area contributed by atoms with Crippen LogP contribution in [0.25, 0.3) is 0 Å². The fraction of sp³-hybridized carbons (Fsp3) is 0.292. The number of aromatic nitrogens is 2. The molecule has 1 N–H and O–H groups in total. The van der Waals surface area contributed by atoms with Crippen LogP contribution in [0.3, 0.4) is 0 Å². The molecule has 0 bridgehead atoms. The fourth-order valence-corrected chi connectivity index (χ4v) is 3.82. The molecular formula is C24H25N3O4. The van der Waals surface area contributed by atoms with Gasteiger partial charge in [-0.25, -0.2) is 14.8 Å². The van der Waals surface area contributed by atoms with Crippen LogP contribution in [0.2, 0.25) is 0 Å². The summed E-state index contributed by atoms with van der Waals surface area (Å²) in [5, 5.41) is 9.24. The summed E-state index contributed by atoms with van der Waals surface area (Å²) in [6.07, 6.45) is 9.71. The van der Waals surface area contributed by atoms with Crippen molar-refractivity contribution in [3.8, 4) is 11.5 Å². The molecule has 1 aliphatic carbocycles. The Bertz CT molecular complexity index is 1020. The van der Waals surface area contributed by atoms with Gasteiger partial charge >= 0.3 is 5.97 Å². The Labute approximate surface area is 181 Å². The van der Waals surface area contributed by atoms with E-state index in [1.807, 2.05) is 18.2 Å². The molecule has 1 aromatic heterocycles. The van der Waals surface area contributed by atoms with Gasteiger partial charge in [0.1, 0.15) is 6.33 Å². The maximum atomic E-state index is 11.3. The van der Waals surface area contributed by atoms with Crippen molar-refractivity contribution in [3.63, 3.8) is 0 Å². The van der Waals surface area contributed by atoms with E-state index in [1.165, 1.54) is 19.2 Å². The molecule has 0 atom stereocenters. The highest BCUT2D eigenvalue weighted by molar-refractivity contribution is 5.88. The van der Waals surface area contributed by atoms with Crippen molar-refractivity contribution in [2.24, 2.45) is 0 Å². The smallest absolute Gasteiger partial charge is 0.335 e. The van der Waals surface area contributed by atoms with Gasteiger partial charge in [0.2, 0.25) is 0 Å². The van der Waals surface area contributed by atoms with Crippen molar-refractivity contribution in [2.75, 3.05) is 12.0 Å². The van der Waals surface area contributed by atoms with Gasteiger partial charge < -0.3 is 19.5 Å². The van der Waals surface area contributed by atoms with E-state index >= 15 is 0 Å². The molecule has 1 aliphatic rings. The molecule has 1 heterocycles. The van der Waals surface area contributed by atoms with Gasteiger partial charge in [0.05, 0.1) is 25.3 Å². The number of carboxylic acids is 1. The first-order valence-electron chi connectivity index (χ1n) is 10.3. The van der Waals surface area contributed by atoms with Crippen LogP contribution in [0.4, 0.5) is 11.4 Å². The molecule has 0 unspecified atom stereocenters. The molecule has 160 valence electrons. The second kappa shape index (κ2) is 9.47. The lowest BCUT2D eigenvalue weighted by atomic mass is 10.1. The highest BCUT2D eigenvalue weighted by atomic mass is 16.5. The van der Waals surface area contributed by atoms with E-state index in [9.17, 15) is 9.90 Å². The lowest BCUT2D eigenvalue weighted by molar-refractivity contribution is 0.0697. The van der Waals surface area contributed by atoms with Crippen LogP contribution >= 0.6 is 0 Å². The molecule has 0 radical (unpaired) electrons. The zero-order valence-electron chi connectivity index (χ0n) is 17.4. The van der Waals surface area contributed by atoms with Crippen molar-refractivity contribution in [3.05, 3.63) is 72.3 Å². The molecule has 0 amide bonds. The van der Waals surface area contributed by atoms with Crippen molar-refractivity contribution >= 4 is 17.3 Å². The molecular weight excluding hydrogens is 394 g/mol. The Balaban J connectivity index is 1.70. The highest BCUT2D eigenvalue weighted by Crippen LogP contribution is 2.37. The standard InChI is InChI=1S/C24H25N3O4/c1-30-22-11-10-20(12-23(22)31-21-4-2-3-5-21)27(15-17-13-25-16-26-14-17)19-8-6-18(7-9-19)24(28)29/h6-14,16,21H,2-5,15H2,1H3,(H,28,29). The third kappa shape index (κ3) is 4.94.